The summed E-state index contributed by atoms with van der Waals surface area (Å²) >= 11 is 1.75. The van der Waals surface area contributed by atoms with Crippen molar-refractivity contribution < 1.29 is 9.90 Å². The number of hydrogen-bond acceptors (Lipinski definition) is 4. The van der Waals surface area contributed by atoms with Crippen LogP contribution in [-0.2, 0) is 10.5 Å². The maximum absolute atomic E-state index is 12.1. The third kappa shape index (κ3) is 4.80. The third-order valence-corrected chi connectivity index (χ3v) is 4.56. The number of piperidine rings is 1. The molecule has 1 aromatic rings. The quantitative estimate of drug-likeness (QED) is 0.815. The fraction of sp³-hybridized carbons (Fsp3) is 0.600. The van der Waals surface area contributed by atoms with Gasteiger partial charge in [0.05, 0.1) is 5.69 Å². The van der Waals surface area contributed by atoms with Gasteiger partial charge in [0.1, 0.15) is 0 Å². The lowest BCUT2D eigenvalue weighted by atomic mass is 9.99. The Morgan fingerprint density at radius 2 is 2.40 bits per heavy atom. The SMILES string of the molecule is O=C(CCSCc1ccccn1)N1CCCC(CO)C1. The second-order valence-corrected chi connectivity index (χ2v) is 6.26. The molecule has 1 aromatic heterocycles. The average molecular weight is 294 g/mol. The van der Waals surface area contributed by atoms with Gasteiger partial charge < -0.3 is 10.0 Å². The lowest BCUT2D eigenvalue weighted by Gasteiger charge is -2.31. The van der Waals surface area contributed by atoms with Gasteiger partial charge in [0.15, 0.2) is 0 Å². The number of aromatic nitrogens is 1. The van der Waals surface area contributed by atoms with Gasteiger partial charge in [-0.1, -0.05) is 6.07 Å². The maximum atomic E-state index is 12.1. The zero-order valence-electron chi connectivity index (χ0n) is 11.7. The second-order valence-electron chi connectivity index (χ2n) is 5.15. The van der Waals surface area contributed by atoms with Crippen LogP contribution in [0.1, 0.15) is 25.0 Å². The number of carbonyl (C=O) groups is 1. The topological polar surface area (TPSA) is 53.4 Å². The highest BCUT2D eigenvalue weighted by Gasteiger charge is 2.22. The van der Waals surface area contributed by atoms with Crippen molar-refractivity contribution in [1.82, 2.24) is 9.88 Å². The van der Waals surface area contributed by atoms with E-state index in [1.54, 1.807) is 18.0 Å². The van der Waals surface area contributed by atoms with Crippen LogP contribution in [0.5, 0.6) is 0 Å². The summed E-state index contributed by atoms with van der Waals surface area (Å²) < 4.78 is 0. The largest absolute Gasteiger partial charge is 0.396 e. The first-order chi connectivity index (χ1) is 9.79. The van der Waals surface area contributed by atoms with Crippen LogP contribution in [0, 0.1) is 5.92 Å². The van der Waals surface area contributed by atoms with E-state index in [0.29, 0.717) is 6.42 Å². The minimum Gasteiger partial charge on any atom is -0.396 e. The number of aliphatic hydroxyl groups is 1. The summed E-state index contributed by atoms with van der Waals surface area (Å²) in [7, 11) is 0. The zero-order chi connectivity index (χ0) is 14.2. The Labute approximate surface area is 124 Å². The van der Waals surface area contributed by atoms with Crippen LogP contribution in [0.15, 0.2) is 24.4 Å². The molecule has 1 unspecified atom stereocenters. The van der Waals surface area contributed by atoms with Gasteiger partial charge in [0, 0.05) is 43.8 Å². The monoisotopic (exact) mass is 294 g/mol. The molecule has 1 aliphatic heterocycles. The molecule has 0 aromatic carbocycles. The van der Waals surface area contributed by atoms with Crippen LogP contribution in [0.3, 0.4) is 0 Å². The number of carbonyl (C=O) groups excluding carboxylic acids is 1. The molecule has 1 saturated heterocycles. The molecule has 0 saturated carbocycles. The molecule has 20 heavy (non-hydrogen) atoms. The molecule has 2 rings (SSSR count). The smallest absolute Gasteiger partial charge is 0.223 e. The zero-order valence-corrected chi connectivity index (χ0v) is 12.5. The Morgan fingerprint density at radius 1 is 1.50 bits per heavy atom. The van der Waals surface area contributed by atoms with Crippen molar-refractivity contribution in [2.45, 2.75) is 25.0 Å². The van der Waals surface area contributed by atoms with E-state index in [-0.39, 0.29) is 18.4 Å². The predicted octanol–water partition coefficient (Wildman–Crippen LogP) is 1.94. The second kappa shape index (κ2) is 8.27. The summed E-state index contributed by atoms with van der Waals surface area (Å²) in [6, 6.07) is 5.90. The molecule has 2 heterocycles. The minimum atomic E-state index is 0.193. The van der Waals surface area contributed by atoms with E-state index in [9.17, 15) is 9.90 Å². The number of amides is 1. The molecule has 1 aliphatic rings. The molecule has 0 spiro atoms. The van der Waals surface area contributed by atoms with E-state index in [2.05, 4.69) is 4.98 Å². The van der Waals surface area contributed by atoms with Crippen LogP contribution in [0.25, 0.3) is 0 Å². The lowest BCUT2D eigenvalue weighted by Crippen LogP contribution is -2.41. The van der Waals surface area contributed by atoms with Crippen LogP contribution >= 0.6 is 11.8 Å². The van der Waals surface area contributed by atoms with E-state index < -0.39 is 0 Å². The van der Waals surface area contributed by atoms with Gasteiger partial charge in [-0.3, -0.25) is 9.78 Å². The first kappa shape index (κ1) is 15.3. The first-order valence-corrected chi connectivity index (χ1v) is 8.31. The fourth-order valence-corrected chi connectivity index (χ4v) is 3.26. The molecular weight excluding hydrogens is 272 g/mol. The number of aliphatic hydroxyl groups excluding tert-OH is 1. The predicted molar refractivity (Wildman–Crippen MR) is 81.4 cm³/mol. The van der Waals surface area contributed by atoms with E-state index in [4.69, 9.17) is 0 Å². The van der Waals surface area contributed by atoms with Gasteiger partial charge in [-0.25, -0.2) is 0 Å². The van der Waals surface area contributed by atoms with Crippen molar-refractivity contribution in [2.75, 3.05) is 25.4 Å². The summed E-state index contributed by atoms with van der Waals surface area (Å²) in [4.78, 5) is 18.3. The number of rotatable bonds is 6. The van der Waals surface area contributed by atoms with Crippen LogP contribution < -0.4 is 0 Å². The fourth-order valence-electron chi connectivity index (χ4n) is 2.42. The van der Waals surface area contributed by atoms with Crippen LogP contribution in [0.2, 0.25) is 0 Å². The number of pyridine rings is 1. The van der Waals surface area contributed by atoms with E-state index >= 15 is 0 Å². The maximum Gasteiger partial charge on any atom is 0.223 e. The molecule has 5 heteroatoms. The number of thioether (sulfide) groups is 1. The third-order valence-electron chi connectivity index (χ3n) is 3.57. The van der Waals surface area contributed by atoms with Crippen molar-refractivity contribution in [3.8, 4) is 0 Å². The average Bonchev–Trinajstić information content (AvgIpc) is 2.52. The van der Waals surface area contributed by atoms with Crippen molar-refractivity contribution in [2.24, 2.45) is 5.92 Å². The lowest BCUT2D eigenvalue weighted by molar-refractivity contribution is -0.132. The van der Waals surface area contributed by atoms with Gasteiger partial charge in [-0.2, -0.15) is 11.8 Å². The van der Waals surface area contributed by atoms with E-state index in [1.807, 2.05) is 23.1 Å². The van der Waals surface area contributed by atoms with Crippen molar-refractivity contribution in [3.05, 3.63) is 30.1 Å². The van der Waals surface area contributed by atoms with Gasteiger partial charge in [0.25, 0.3) is 0 Å². The van der Waals surface area contributed by atoms with Gasteiger partial charge >= 0.3 is 0 Å². The van der Waals surface area contributed by atoms with E-state index in [1.165, 1.54) is 0 Å². The van der Waals surface area contributed by atoms with Crippen molar-refractivity contribution >= 4 is 17.7 Å². The molecule has 110 valence electrons. The summed E-state index contributed by atoms with van der Waals surface area (Å²) in [6.07, 6.45) is 4.42. The normalized spacial score (nSPS) is 19.1. The van der Waals surface area contributed by atoms with E-state index in [0.717, 1.165) is 43.1 Å². The summed E-state index contributed by atoms with van der Waals surface area (Å²) in [5, 5.41) is 9.18. The minimum absolute atomic E-state index is 0.193. The van der Waals surface area contributed by atoms with Gasteiger partial charge in [0.2, 0.25) is 5.91 Å². The molecule has 1 fully saturated rings. The van der Waals surface area contributed by atoms with Crippen molar-refractivity contribution in [3.63, 3.8) is 0 Å². The summed E-state index contributed by atoms with van der Waals surface area (Å²) in [6.45, 7) is 1.76. The highest BCUT2D eigenvalue weighted by Crippen LogP contribution is 2.18. The Hall–Kier alpha value is -1.07. The first-order valence-electron chi connectivity index (χ1n) is 7.16. The molecule has 0 aliphatic carbocycles. The number of hydrogen-bond donors (Lipinski definition) is 1. The Balaban J connectivity index is 1.65. The highest BCUT2D eigenvalue weighted by molar-refractivity contribution is 7.98. The van der Waals surface area contributed by atoms with Crippen LogP contribution in [-0.4, -0.2) is 46.3 Å². The Bertz CT molecular complexity index is 414. The van der Waals surface area contributed by atoms with Gasteiger partial charge in [-0.15, -0.1) is 0 Å². The number of likely N-dealkylation sites (tertiary alicyclic amines) is 1. The molecule has 1 amide bonds. The molecular formula is C15H22N2O2S. The van der Waals surface area contributed by atoms with Gasteiger partial charge in [-0.05, 0) is 30.9 Å². The molecule has 1 N–H and O–H groups in total. The molecule has 0 radical (unpaired) electrons. The molecule has 0 bridgehead atoms. The summed E-state index contributed by atoms with van der Waals surface area (Å²) in [5.41, 5.74) is 1.06. The Morgan fingerprint density at radius 3 is 3.15 bits per heavy atom. The highest BCUT2D eigenvalue weighted by atomic mass is 32.2. The molecule has 1 atom stereocenters. The Kier molecular flexibility index (Phi) is 6.33. The summed E-state index contributed by atoms with van der Waals surface area (Å²) in [5.74, 6) is 2.17. The standard InChI is InChI=1S/C15H22N2O2S/c18-11-13-4-3-8-17(10-13)15(19)6-9-20-12-14-5-1-2-7-16-14/h1-2,5,7,13,18H,3-4,6,8-12H2. The number of nitrogens with zero attached hydrogens (tertiary/aromatic N) is 2. The van der Waals surface area contributed by atoms with Crippen molar-refractivity contribution in [1.29, 1.82) is 0 Å². The van der Waals surface area contributed by atoms with Crippen LogP contribution in [0.4, 0.5) is 0 Å². The molecule has 4 nitrogen and oxygen atoms in total.